The minimum absolute atomic E-state index is 0.148. The maximum Gasteiger partial charge on any atom is 0.145 e. The average molecular weight is 286 g/mol. The summed E-state index contributed by atoms with van der Waals surface area (Å²) in [5.74, 6) is 0.373. The number of hydrogen-bond donors (Lipinski definition) is 1. The van der Waals surface area contributed by atoms with E-state index in [9.17, 15) is 4.39 Å². The number of hydrogen-bond acceptors (Lipinski definition) is 1. The van der Waals surface area contributed by atoms with Crippen LogP contribution in [0.15, 0.2) is 12.1 Å². The van der Waals surface area contributed by atoms with Gasteiger partial charge in [-0.15, -0.1) is 0 Å². The van der Waals surface area contributed by atoms with E-state index >= 15 is 0 Å². The van der Waals surface area contributed by atoms with E-state index in [0.29, 0.717) is 11.5 Å². The first-order valence-electron chi connectivity index (χ1n) is 7.06. The molecule has 0 aliphatic heterocycles. The van der Waals surface area contributed by atoms with Gasteiger partial charge in [-0.25, -0.2) is 4.39 Å². The van der Waals surface area contributed by atoms with E-state index in [-0.39, 0.29) is 22.8 Å². The quantitative estimate of drug-likeness (QED) is 0.790. The summed E-state index contributed by atoms with van der Waals surface area (Å²) < 4.78 is 13.8. The van der Waals surface area contributed by atoms with Crippen molar-refractivity contribution in [3.63, 3.8) is 0 Å². The van der Waals surface area contributed by atoms with Crippen LogP contribution in [0.25, 0.3) is 0 Å². The van der Waals surface area contributed by atoms with E-state index in [4.69, 9.17) is 17.3 Å². The zero-order valence-electron chi connectivity index (χ0n) is 12.3. The van der Waals surface area contributed by atoms with Crippen molar-refractivity contribution in [2.45, 2.75) is 58.9 Å². The summed E-state index contributed by atoms with van der Waals surface area (Å²) in [6, 6.07) is 3.91. The third kappa shape index (κ3) is 4.77. The topological polar surface area (TPSA) is 26.0 Å². The molecule has 2 N–H and O–H groups in total. The Hall–Kier alpha value is -0.600. The number of rotatable bonds is 6. The fraction of sp³-hybridized carbons (Fsp3) is 0.625. The molecule has 0 radical (unpaired) electrons. The fourth-order valence-electron chi connectivity index (χ4n) is 2.11. The molecule has 3 heteroatoms. The number of nitrogens with two attached hydrogens (primary N) is 1. The van der Waals surface area contributed by atoms with Gasteiger partial charge in [0, 0.05) is 6.04 Å². The van der Waals surface area contributed by atoms with Crippen LogP contribution < -0.4 is 5.73 Å². The van der Waals surface area contributed by atoms with Crippen molar-refractivity contribution >= 4 is 11.6 Å². The first-order chi connectivity index (χ1) is 8.82. The Balaban J connectivity index is 2.69. The lowest BCUT2D eigenvalue weighted by Crippen LogP contribution is -2.26. The molecule has 0 aliphatic rings. The van der Waals surface area contributed by atoms with Crippen LogP contribution in [0.4, 0.5) is 4.39 Å². The van der Waals surface area contributed by atoms with Gasteiger partial charge >= 0.3 is 0 Å². The zero-order valence-corrected chi connectivity index (χ0v) is 13.1. The molecule has 0 heterocycles. The first-order valence-corrected chi connectivity index (χ1v) is 7.44. The van der Waals surface area contributed by atoms with Crippen LogP contribution in [-0.4, -0.2) is 6.04 Å². The van der Waals surface area contributed by atoms with Crippen LogP contribution in [0.5, 0.6) is 0 Å². The lowest BCUT2D eigenvalue weighted by atomic mass is 9.95. The van der Waals surface area contributed by atoms with Crippen LogP contribution in [0.2, 0.25) is 5.02 Å². The molecule has 1 aromatic carbocycles. The number of aryl methyl sites for hydroxylation is 1. The van der Waals surface area contributed by atoms with Crippen molar-refractivity contribution in [2.24, 2.45) is 11.7 Å². The molecule has 0 fully saturated rings. The lowest BCUT2D eigenvalue weighted by Gasteiger charge is -2.16. The van der Waals surface area contributed by atoms with Crippen LogP contribution in [0.1, 0.15) is 57.6 Å². The van der Waals surface area contributed by atoms with Crippen molar-refractivity contribution < 1.29 is 4.39 Å². The predicted molar refractivity (Wildman–Crippen MR) is 81.3 cm³/mol. The summed E-state index contributed by atoms with van der Waals surface area (Å²) in [4.78, 5) is 0. The van der Waals surface area contributed by atoms with Gasteiger partial charge in [0.05, 0.1) is 5.02 Å². The Morgan fingerprint density at radius 1 is 1.21 bits per heavy atom. The summed E-state index contributed by atoms with van der Waals surface area (Å²) in [6.45, 7) is 8.23. The van der Waals surface area contributed by atoms with Crippen LogP contribution in [0, 0.1) is 11.7 Å². The van der Waals surface area contributed by atoms with Crippen molar-refractivity contribution in [2.75, 3.05) is 0 Å². The molecule has 0 saturated carbocycles. The average Bonchev–Trinajstić information content (AvgIpc) is 2.32. The molecule has 0 aromatic heterocycles. The van der Waals surface area contributed by atoms with Gasteiger partial charge < -0.3 is 5.73 Å². The highest BCUT2D eigenvalue weighted by Crippen LogP contribution is 2.27. The summed E-state index contributed by atoms with van der Waals surface area (Å²) in [7, 11) is 0. The standard InChI is InChI=1S/C16H25ClFN/c1-10(2)13-8-12(9-14(17)16(13)18)6-5-7-15(19)11(3)4/h8-11,15H,5-7,19H2,1-4H3/t15-/m1/s1. The molecule has 1 rings (SSSR count). The molecule has 0 amide bonds. The SMILES string of the molecule is CC(C)c1cc(CCC[C@@H](N)C(C)C)cc(Cl)c1F. The van der Waals surface area contributed by atoms with Gasteiger partial charge in [0.2, 0.25) is 0 Å². The lowest BCUT2D eigenvalue weighted by molar-refractivity contribution is 0.452. The fourth-order valence-corrected chi connectivity index (χ4v) is 2.36. The largest absolute Gasteiger partial charge is 0.327 e. The number of halogens is 2. The Labute approximate surface area is 121 Å². The summed E-state index contributed by atoms with van der Waals surface area (Å²) >= 11 is 5.96. The molecule has 0 bridgehead atoms. The molecule has 0 spiro atoms. The Morgan fingerprint density at radius 2 is 1.84 bits per heavy atom. The normalized spacial score (nSPS) is 13.3. The molecular formula is C16H25ClFN. The summed E-state index contributed by atoms with van der Waals surface area (Å²) in [5.41, 5.74) is 7.83. The van der Waals surface area contributed by atoms with E-state index in [1.54, 1.807) is 6.07 Å². The van der Waals surface area contributed by atoms with Gasteiger partial charge in [-0.05, 0) is 48.3 Å². The Morgan fingerprint density at radius 3 is 2.37 bits per heavy atom. The zero-order chi connectivity index (χ0) is 14.6. The second kappa shape index (κ2) is 7.25. The minimum Gasteiger partial charge on any atom is -0.327 e. The van der Waals surface area contributed by atoms with Gasteiger partial charge in [-0.3, -0.25) is 0 Å². The minimum atomic E-state index is -0.278. The first kappa shape index (κ1) is 16.5. The van der Waals surface area contributed by atoms with Crippen LogP contribution in [-0.2, 0) is 6.42 Å². The van der Waals surface area contributed by atoms with Gasteiger partial charge in [0.1, 0.15) is 5.82 Å². The Bertz CT molecular complexity index is 415. The third-order valence-corrected chi connectivity index (χ3v) is 3.87. The molecule has 0 aliphatic carbocycles. The summed E-state index contributed by atoms with van der Waals surface area (Å²) in [5, 5.41) is 0.231. The molecule has 0 saturated heterocycles. The second-order valence-corrected chi connectivity index (χ2v) is 6.34. The van der Waals surface area contributed by atoms with Crippen molar-refractivity contribution in [3.05, 3.63) is 34.1 Å². The number of benzene rings is 1. The van der Waals surface area contributed by atoms with Crippen LogP contribution >= 0.6 is 11.6 Å². The van der Waals surface area contributed by atoms with Crippen molar-refractivity contribution in [3.8, 4) is 0 Å². The van der Waals surface area contributed by atoms with Gasteiger partial charge in [-0.1, -0.05) is 45.4 Å². The second-order valence-electron chi connectivity index (χ2n) is 5.94. The highest BCUT2D eigenvalue weighted by molar-refractivity contribution is 6.30. The molecule has 108 valence electrons. The van der Waals surface area contributed by atoms with Gasteiger partial charge in [0.25, 0.3) is 0 Å². The highest BCUT2D eigenvalue weighted by atomic mass is 35.5. The van der Waals surface area contributed by atoms with Crippen molar-refractivity contribution in [1.29, 1.82) is 0 Å². The maximum absolute atomic E-state index is 13.8. The highest BCUT2D eigenvalue weighted by Gasteiger charge is 2.13. The van der Waals surface area contributed by atoms with Gasteiger partial charge in [0.15, 0.2) is 0 Å². The molecule has 1 nitrogen and oxygen atoms in total. The van der Waals surface area contributed by atoms with E-state index in [2.05, 4.69) is 13.8 Å². The molecule has 19 heavy (non-hydrogen) atoms. The van der Waals surface area contributed by atoms with Crippen LogP contribution in [0.3, 0.4) is 0 Å². The molecule has 1 atom stereocenters. The third-order valence-electron chi connectivity index (χ3n) is 3.60. The Kier molecular flexibility index (Phi) is 6.28. The summed E-state index contributed by atoms with van der Waals surface area (Å²) in [6.07, 6.45) is 2.91. The smallest absolute Gasteiger partial charge is 0.145 e. The molecule has 0 unspecified atom stereocenters. The maximum atomic E-state index is 13.8. The van der Waals surface area contributed by atoms with E-state index in [0.717, 1.165) is 24.8 Å². The monoisotopic (exact) mass is 285 g/mol. The van der Waals surface area contributed by atoms with E-state index in [1.807, 2.05) is 19.9 Å². The predicted octanol–water partition coefficient (Wildman–Crippen LogP) is 4.91. The van der Waals surface area contributed by atoms with E-state index in [1.165, 1.54) is 0 Å². The molecule has 1 aromatic rings. The van der Waals surface area contributed by atoms with E-state index < -0.39 is 0 Å². The molecular weight excluding hydrogens is 261 g/mol. The van der Waals surface area contributed by atoms with Gasteiger partial charge in [-0.2, -0.15) is 0 Å². The van der Waals surface area contributed by atoms with Crippen molar-refractivity contribution in [1.82, 2.24) is 0 Å².